The van der Waals surface area contributed by atoms with Crippen LogP contribution in [0.5, 0.6) is 0 Å². The first-order valence-corrected chi connectivity index (χ1v) is 4.72. The fraction of sp³-hybridized carbons (Fsp3) is 0.500. The summed E-state index contributed by atoms with van der Waals surface area (Å²) in [6.07, 6.45) is 4.61. The van der Waals surface area contributed by atoms with Gasteiger partial charge in [0.15, 0.2) is 0 Å². The van der Waals surface area contributed by atoms with E-state index >= 15 is 0 Å². The number of methoxy groups -OCH3 is 1. The first-order chi connectivity index (χ1) is 6.86. The van der Waals surface area contributed by atoms with Gasteiger partial charge >= 0.3 is 0 Å². The van der Waals surface area contributed by atoms with Crippen LogP contribution in [-0.4, -0.2) is 32.3 Å². The standard InChI is InChI=1S/C10H17N3O/c1-11-9-6-10(8-12-7-9)13-4-3-5-14-2/h6-8,11,13H,3-5H2,1-2H3. The number of rotatable bonds is 6. The molecule has 1 aromatic rings. The van der Waals surface area contributed by atoms with Crippen LogP contribution in [0.3, 0.4) is 0 Å². The van der Waals surface area contributed by atoms with Crippen molar-refractivity contribution in [2.75, 3.05) is 37.9 Å². The van der Waals surface area contributed by atoms with Gasteiger partial charge in [-0.25, -0.2) is 0 Å². The minimum Gasteiger partial charge on any atom is -0.387 e. The second kappa shape index (κ2) is 6.21. The van der Waals surface area contributed by atoms with Gasteiger partial charge in [0, 0.05) is 27.3 Å². The van der Waals surface area contributed by atoms with Gasteiger partial charge in [0.1, 0.15) is 0 Å². The van der Waals surface area contributed by atoms with Crippen molar-refractivity contribution in [1.82, 2.24) is 4.98 Å². The van der Waals surface area contributed by atoms with Crippen molar-refractivity contribution < 1.29 is 4.74 Å². The van der Waals surface area contributed by atoms with Crippen LogP contribution in [0.1, 0.15) is 6.42 Å². The normalized spacial score (nSPS) is 9.86. The molecule has 1 rings (SSSR count). The van der Waals surface area contributed by atoms with Gasteiger partial charge in [-0.15, -0.1) is 0 Å². The topological polar surface area (TPSA) is 46.2 Å². The van der Waals surface area contributed by atoms with Gasteiger partial charge in [-0.3, -0.25) is 4.98 Å². The van der Waals surface area contributed by atoms with Crippen molar-refractivity contribution in [2.45, 2.75) is 6.42 Å². The van der Waals surface area contributed by atoms with Crippen molar-refractivity contribution in [3.8, 4) is 0 Å². The van der Waals surface area contributed by atoms with Crippen LogP contribution in [0.25, 0.3) is 0 Å². The van der Waals surface area contributed by atoms with Gasteiger partial charge in [0.25, 0.3) is 0 Å². The van der Waals surface area contributed by atoms with Crippen LogP contribution >= 0.6 is 0 Å². The van der Waals surface area contributed by atoms with Crippen molar-refractivity contribution in [3.63, 3.8) is 0 Å². The molecule has 4 nitrogen and oxygen atoms in total. The van der Waals surface area contributed by atoms with Crippen molar-refractivity contribution in [2.24, 2.45) is 0 Å². The summed E-state index contributed by atoms with van der Waals surface area (Å²) in [4.78, 5) is 4.10. The minimum atomic E-state index is 0.784. The van der Waals surface area contributed by atoms with E-state index in [0.717, 1.165) is 30.9 Å². The Labute approximate surface area is 84.7 Å². The minimum absolute atomic E-state index is 0.784. The molecule has 0 saturated heterocycles. The second-order valence-corrected chi connectivity index (χ2v) is 2.99. The Balaban J connectivity index is 2.34. The SMILES string of the molecule is CNc1cncc(NCCCOC)c1. The molecule has 0 spiro atoms. The summed E-state index contributed by atoms with van der Waals surface area (Å²) < 4.78 is 4.96. The number of hydrogen-bond donors (Lipinski definition) is 2. The Morgan fingerprint density at radius 3 is 2.86 bits per heavy atom. The van der Waals surface area contributed by atoms with Gasteiger partial charge in [0.2, 0.25) is 0 Å². The Morgan fingerprint density at radius 1 is 1.36 bits per heavy atom. The van der Waals surface area contributed by atoms with Crippen LogP contribution in [0, 0.1) is 0 Å². The van der Waals surface area contributed by atoms with Gasteiger partial charge < -0.3 is 15.4 Å². The zero-order chi connectivity index (χ0) is 10.2. The lowest BCUT2D eigenvalue weighted by Crippen LogP contribution is -2.05. The predicted octanol–water partition coefficient (Wildman–Crippen LogP) is 1.57. The zero-order valence-electron chi connectivity index (χ0n) is 8.71. The molecular weight excluding hydrogens is 178 g/mol. The fourth-order valence-corrected chi connectivity index (χ4v) is 1.12. The van der Waals surface area contributed by atoms with Crippen LogP contribution in [-0.2, 0) is 4.74 Å². The number of aromatic nitrogens is 1. The number of anilines is 2. The smallest absolute Gasteiger partial charge is 0.0547 e. The quantitative estimate of drug-likeness (QED) is 0.676. The highest BCUT2D eigenvalue weighted by Crippen LogP contribution is 2.11. The monoisotopic (exact) mass is 195 g/mol. The average Bonchev–Trinajstić information content (AvgIpc) is 2.25. The Morgan fingerprint density at radius 2 is 2.14 bits per heavy atom. The summed E-state index contributed by atoms with van der Waals surface area (Å²) in [6, 6.07) is 2.03. The average molecular weight is 195 g/mol. The van der Waals surface area contributed by atoms with E-state index in [2.05, 4.69) is 15.6 Å². The summed E-state index contributed by atoms with van der Waals surface area (Å²) in [5, 5.41) is 6.31. The molecule has 0 unspecified atom stereocenters. The molecule has 0 aliphatic heterocycles. The first kappa shape index (κ1) is 10.8. The summed E-state index contributed by atoms with van der Waals surface area (Å²) in [7, 11) is 3.59. The third-order valence-electron chi connectivity index (χ3n) is 1.88. The summed E-state index contributed by atoms with van der Waals surface area (Å²) in [5.74, 6) is 0. The van der Waals surface area contributed by atoms with E-state index in [1.165, 1.54) is 0 Å². The number of hydrogen-bond acceptors (Lipinski definition) is 4. The van der Waals surface area contributed by atoms with E-state index in [1.807, 2.05) is 19.3 Å². The molecule has 4 heteroatoms. The lowest BCUT2D eigenvalue weighted by molar-refractivity contribution is 0.198. The van der Waals surface area contributed by atoms with Crippen molar-refractivity contribution >= 4 is 11.4 Å². The first-order valence-electron chi connectivity index (χ1n) is 4.72. The molecule has 0 bridgehead atoms. The Kier molecular flexibility index (Phi) is 4.78. The van der Waals surface area contributed by atoms with E-state index in [0.29, 0.717) is 0 Å². The molecule has 0 fully saturated rings. The highest BCUT2D eigenvalue weighted by atomic mass is 16.5. The number of pyridine rings is 1. The second-order valence-electron chi connectivity index (χ2n) is 2.99. The number of ether oxygens (including phenoxy) is 1. The van der Waals surface area contributed by atoms with E-state index in [9.17, 15) is 0 Å². The molecule has 0 aliphatic rings. The van der Waals surface area contributed by atoms with E-state index in [1.54, 1.807) is 13.3 Å². The molecule has 2 N–H and O–H groups in total. The highest BCUT2D eigenvalue weighted by Gasteiger charge is 1.93. The molecule has 0 saturated carbocycles. The molecule has 1 aromatic heterocycles. The maximum atomic E-state index is 4.96. The maximum absolute atomic E-state index is 4.96. The van der Waals surface area contributed by atoms with E-state index in [4.69, 9.17) is 4.74 Å². The van der Waals surface area contributed by atoms with Crippen LogP contribution < -0.4 is 10.6 Å². The van der Waals surface area contributed by atoms with Gasteiger partial charge in [-0.2, -0.15) is 0 Å². The van der Waals surface area contributed by atoms with E-state index in [-0.39, 0.29) is 0 Å². The van der Waals surface area contributed by atoms with Crippen molar-refractivity contribution in [1.29, 1.82) is 0 Å². The summed E-state index contributed by atoms with van der Waals surface area (Å²) in [6.45, 7) is 1.69. The Bertz CT molecular complexity index is 265. The third-order valence-corrected chi connectivity index (χ3v) is 1.88. The summed E-state index contributed by atoms with van der Waals surface area (Å²) >= 11 is 0. The number of nitrogens with zero attached hydrogens (tertiary/aromatic N) is 1. The van der Waals surface area contributed by atoms with Gasteiger partial charge in [-0.1, -0.05) is 0 Å². The molecule has 0 aliphatic carbocycles. The zero-order valence-corrected chi connectivity index (χ0v) is 8.71. The lowest BCUT2D eigenvalue weighted by Gasteiger charge is -2.06. The van der Waals surface area contributed by atoms with Crippen LogP contribution in [0.2, 0.25) is 0 Å². The van der Waals surface area contributed by atoms with Gasteiger partial charge in [0.05, 0.1) is 23.8 Å². The van der Waals surface area contributed by atoms with E-state index < -0.39 is 0 Å². The van der Waals surface area contributed by atoms with Crippen LogP contribution in [0.15, 0.2) is 18.5 Å². The maximum Gasteiger partial charge on any atom is 0.0547 e. The largest absolute Gasteiger partial charge is 0.387 e. The fourth-order valence-electron chi connectivity index (χ4n) is 1.12. The summed E-state index contributed by atoms with van der Waals surface area (Å²) in [5.41, 5.74) is 2.05. The predicted molar refractivity (Wildman–Crippen MR) is 58.8 cm³/mol. The lowest BCUT2D eigenvalue weighted by atomic mass is 10.3. The molecule has 0 atom stereocenters. The van der Waals surface area contributed by atoms with Gasteiger partial charge in [-0.05, 0) is 12.5 Å². The van der Waals surface area contributed by atoms with Crippen LogP contribution in [0.4, 0.5) is 11.4 Å². The molecule has 0 amide bonds. The Hall–Kier alpha value is -1.29. The molecular formula is C10H17N3O. The third kappa shape index (κ3) is 3.62. The van der Waals surface area contributed by atoms with Crippen molar-refractivity contribution in [3.05, 3.63) is 18.5 Å². The molecule has 78 valence electrons. The molecule has 0 aromatic carbocycles. The molecule has 1 heterocycles. The number of nitrogens with one attached hydrogen (secondary N) is 2. The highest BCUT2D eigenvalue weighted by molar-refractivity contribution is 5.53. The molecule has 0 radical (unpaired) electrons. The molecule has 14 heavy (non-hydrogen) atoms.